The topological polar surface area (TPSA) is 40.6 Å². The molecule has 2 amide bonds. The van der Waals surface area contributed by atoms with E-state index >= 15 is 0 Å². The minimum atomic E-state index is -0.282. The number of amides is 2. The molecule has 2 aliphatic heterocycles. The first-order valence-corrected chi connectivity index (χ1v) is 12.7. The predicted molar refractivity (Wildman–Crippen MR) is 130 cm³/mol. The molecular weight excluding hydrogens is 435 g/mol. The van der Waals surface area contributed by atoms with E-state index in [2.05, 4.69) is 0 Å². The van der Waals surface area contributed by atoms with E-state index < -0.39 is 0 Å². The number of thioether (sulfide) groups is 1. The van der Waals surface area contributed by atoms with E-state index in [-0.39, 0.29) is 34.8 Å². The molecule has 5 rings (SSSR count). The number of carbonyl (C=O) groups excluding carboxylic acids is 2. The number of hydrogen-bond donors (Lipinski definition) is 0. The number of likely N-dealkylation sites (tertiary alicyclic amines) is 1. The first-order chi connectivity index (χ1) is 16.1. The Bertz CT molecular complexity index is 1030. The van der Waals surface area contributed by atoms with E-state index in [0.717, 1.165) is 54.8 Å². The highest BCUT2D eigenvalue weighted by atomic mass is 32.2. The van der Waals surface area contributed by atoms with Gasteiger partial charge in [0.15, 0.2) is 0 Å². The number of halogens is 1. The second-order valence-corrected chi connectivity index (χ2v) is 10.5. The van der Waals surface area contributed by atoms with E-state index in [1.807, 2.05) is 46.2 Å². The van der Waals surface area contributed by atoms with Gasteiger partial charge in [-0.25, -0.2) is 4.39 Å². The normalized spacial score (nSPS) is 26.5. The Balaban J connectivity index is 1.42. The van der Waals surface area contributed by atoms with E-state index in [0.29, 0.717) is 13.0 Å². The van der Waals surface area contributed by atoms with Crippen molar-refractivity contribution in [2.75, 3.05) is 13.1 Å². The van der Waals surface area contributed by atoms with Crippen molar-refractivity contribution in [3.05, 3.63) is 76.4 Å². The maximum atomic E-state index is 13.7. The fourth-order valence-electron chi connectivity index (χ4n) is 5.28. The largest absolute Gasteiger partial charge is 0.342 e. The van der Waals surface area contributed by atoms with Gasteiger partial charge in [0.2, 0.25) is 5.91 Å². The number of hydrogen-bond acceptors (Lipinski definition) is 3. The van der Waals surface area contributed by atoms with E-state index in [1.165, 1.54) is 12.1 Å². The molecule has 2 heterocycles. The molecule has 3 aliphatic rings. The van der Waals surface area contributed by atoms with Crippen LogP contribution in [-0.2, 0) is 16.1 Å². The molecule has 2 saturated heterocycles. The average molecular weight is 465 g/mol. The van der Waals surface area contributed by atoms with Crippen LogP contribution in [0.1, 0.15) is 43.2 Å². The van der Waals surface area contributed by atoms with E-state index in [1.54, 1.807) is 23.9 Å². The summed E-state index contributed by atoms with van der Waals surface area (Å²) in [5.41, 5.74) is 1.91. The Morgan fingerprint density at radius 1 is 1.03 bits per heavy atom. The highest BCUT2D eigenvalue weighted by molar-refractivity contribution is 8.04. The van der Waals surface area contributed by atoms with Crippen molar-refractivity contribution < 1.29 is 14.0 Å². The molecule has 0 aromatic heterocycles. The first-order valence-electron chi connectivity index (χ1n) is 11.9. The van der Waals surface area contributed by atoms with Crippen LogP contribution in [0.4, 0.5) is 4.39 Å². The van der Waals surface area contributed by atoms with Gasteiger partial charge in [0.1, 0.15) is 5.82 Å². The van der Waals surface area contributed by atoms with Crippen LogP contribution >= 0.6 is 11.8 Å². The fourth-order valence-corrected chi connectivity index (χ4v) is 6.70. The highest BCUT2D eigenvalue weighted by Crippen LogP contribution is 2.44. The summed E-state index contributed by atoms with van der Waals surface area (Å²) >= 11 is 1.67. The SMILES string of the molecule is O=C(C1CCC2S/C(=C\c3ccccc3)C(=O)N(Cc3ccc(F)cc3)C2C1)N1CCCC1. The Morgan fingerprint density at radius 3 is 2.48 bits per heavy atom. The van der Waals surface area contributed by atoms with Crippen LogP contribution in [0.5, 0.6) is 0 Å². The van der Waals surface area contributed by atoms with Crippen molar-refractivity contribution in [1.82, 2.24) is 9.80 Å². The third kappa shape index (κ3) is 4.86. The molecule has 6 heteroatoms. The number of rotatable bonds is 4. The van der Waals surface area contributed by atoms with Crippen molar-refractivity contribution in [3.63, 3.8) is 0 Å². The van der Waals surface area contributed by atoms with Crippen LogP contribution in [0.3, 0.4) is 0 Å². The molecule has 0 N–H and O–H groups in total. The number of fused-ring (bicyclic) bond motifs is 1. The molecule has 1 aliphatic carbocycles. The zero-order valence-electron chi connectivity index (χ0n) is 18.7. The average Bonchev–Trinajstić information content (AvgIpc) is 3.38. The van der Waals surface area contributed by atoms with Crippen molar-refractivity contribution in [1.29, 1.82) is 0 Å². The van der Waals surface area contributed by atoms with Gasteiger partial charge in [-0.3, -0.25) is 9.59 Å². The van der Waals surface area contributed by atoms with Gasteiger partial charge < -0.3 is 9.80 Å². The highest BCUT2D eigenvalue weighted by Gasteiger charge is 2.45. The number of benzene rings is 2. The molecule has 3 unspecified atom stereocenters. The lowest BCUT2D eigenvalue weighted by molar-refractivity contribution is -0.139. The van der Waals surface area contributed by atoms with Crippen LogP contribution in [0.25, 0.3) is 6.08 Å². The van der Waals surface area contributed by atoms with Crippen molar-refractivity contribution >= 4 is 29.7 Å². The van der Waals surface area contributed by atoms with Gasteiger partial charge in [-0.05, 0) is 61.4 Å². The molecule has 0 spiro atoms. The number of carbonyl (C=O) groups is 2. The van der Waals surface area contributed by atoms with E-state index in [9.17, 15) is 14.0 Å². The minimum Gasteiger partial charge on any atom is -0.342 e. The van der Waals surface area contributed by atoms with Crippen LogP contribution in [-0.4, -0.2) is 46.0 Å². The number of nitrogens with zero attached hydrogens (tertiary/aromatic N) is 2. The van der Waals surface area contributed by atoms with Gasteiger partial charge in [-0.2, -0.15) is 0 Å². The quantitative estimate of drug-likeness (QED) is 0.591. The zero-order chi connectivity index (χ0) is 22.8. The zero-order valence-corrected chi connectivity index (χ0v) is 19.5. The standard InChI is InChI=1S/C27H29FN2O2S/c28-22-11-8-20(9-12-22)18-30-23-17-21(26(31)29-14-4-5-15-29)10-13-24(23)33-25(27(30)32)16-19-6-2-1-3-7-19/h1-3,6-9,11-12,16,21,23-24H,4-5,10,13-15,17-18H2/b25-16-. The third-order valence-electron chi connectivity index (χ3n) is 7.04. The summed E-state index contributed by atoms with van der Waals surface area (Å²) in [4.78, 5) is 31.5. The molecule has 3 fully saturated rings. The van der Waals surface area contributed by atoms with E-state index in [4.69, 9.17) is 0 Å². The Morgan fingerprint density at radius 2 is 1.76 bits per heavy atom. The molecule has 1 saturated carbocycles. The predicted octanol–water partition coefficient (Wildman–Crippen LogP) is 5.10. The summed E-state index contributed by atoms with van der Waals surface area (Å²) < 4.78 is 13.5. The first kappa shape index (κ1) is 22.2. The van der Waals surface area contributed by atoms with Crippen molar-refractivity contribution in [2.24, 2.45) is 5.92 Å². The lowest BCUT2D eigenvalue weighted by Crippen LogP contribution is -2.53. The summed E-state index contributed by atoms with van der Waals surface area (Å²) in [7, 11) is 0. The lowest BCUT2D eigenvalue weighted by atomic mass is 9.83. The van der Waals surface area contributed by atoms with Crippen LogP contribution in [0.15, 0.2) is 59.5 Å². The Kier molecular flexibility index (Phi) is 6.54. The monoisotopic (exact) mass is 464 g/mol. The molecule has 4 nitrogen and oxygen atoms in total. The molecule has 0 bridgehead atoms. The second kappa shape index (κ2) is 9.72. The molecule has 2 aromatic rings. The Labute approximate surface area is 198 Å². The molecule has 172 valence electrons. The lowest BCUT2D eigenvalue weighted by Gasteiger charge is -2.46. The van der Waals surface area contributed by atoms with Gasteiger partial charge in [-0.1, -0.05) is 42.5 Å². The molecular formula is C27H29FN2O2S. The van der Waals surface area contributed by atoms with Crippen LogP contribution in [0, 0.1) is 11.7 Å². The smallest absolute Gasteiger partial charge is 0.260 e. The maximum Gasteiger partial charge on any atom is 0.260 e. The molecule has 0 radical (unpaired) electrons. The Hall–Kier alpha value is -2.60. The van der Waals surface area contributed by atoms with Gasteiger partial charge in [0, 0.05) is 36.8 Å². The van der Waals surface area contributed by atoms with Crippen molar-refractivity contribution in [3.8, 4) is 0 Å². The third-order valence-corrected chi connectivity index (χ3v) is 8.43. The van der Waals surface area contributed by atoms with Crippen molar-refractivity contribution in [2.45, 2.75) is 49.9 Å². The summed E-state index contributed by atoms with van der Waals surface area (Å²) in [6.45, 7) is 2.15. The van der Waals surface area contributed by atoms with Gasteiger partial charge in [0.25, 0.3) is 5.91 Å². The minimum absolute atomic E-state index is 0.00343. The van der Waals surface area contributed by atoms with Gasteiger partial charge in [0.05, 0.1) is 4.91 Å². The summed E-state index contributed by atoms with van der Waals surface area (Å²) in [6.07, 6.45) is 6.65. The molecule has 3 atom stereocenters. The summed E-state index contributed by atoms with van der Waals surface area (Å²) in [5, 5.41) is 0.265. The fraction of sp³-hybridized carbons (Fsp3) is 0.407. The summed E-state index contributed by atoms with van der Waals surface area (Å²) in [5.74, 6) is -0.0386. The maximum absolute atomic E-state index is 13.7. The molecule has 2 aromatic carbocycles. The van der Waals surface area contributed by atoms with Gasteiger partial charge >= 0.3 is 0 Å². The van der Waals surface area contributed by atoms with Gasteiger partial charge in [-0.15, -0.1) is 11.8 Å². The van der Waals surface area contributed by atoms with Crippen LogP contribution < -0.4 is 0 Å². The van der Waals surface area contributed by atoms with Crippen LogP contribution in [0.2, 0.25) is 0 Å². The second-order valence-electron chi connectivity index (χ2n) is 9.24. The molecule has 33 heavy (non-hydrogen) atoms. The summed E-state index contributed by atoms with van der Waals surface area (Å²) in [6, 6.07) is 16.3.